The lowest BCUT2D eigenvalue weighted by Crippen LogP contribution is -2.47. The molecular weight excluding hydrogens is 354 g/mol. The van der Waals surface area contributed by atoms with Crippen LogP contribution in [0.4, 0.5) is 0 Å². The van der Waals surface area contributed by atoms with Gasteiger partial charge < -0.3 is 10.4 Å². The number of alkyl halides is 1. The third kappa shape index (κ3) is 5.19. The largest absolute Gasteiger partial charge is 0.481 e. The Bertz CT molecular complexity index is 358. The molecule has 0 amide bonds. The minimum atomic E-state index is -0.531. The summed E-state index contributed by atoms with van der Waals surface area (Å²) in [5, 5.41) is 13.6. The molecule has 0 heterocycles. The number of carboxylic acids is 1. The Labute approximate surface area is 150 Å². The van der Waals surface area contributed by atoms with Crippen LogP contribution in [0.3, 0.4) is 0 Å². The molecule has 0 bridgehead atoms. The minimum Gasteiger partial charge on any atom is -0.481 e. The maximum absolute atomic E-state index is 12.1. The average molecular weight is 388 g/mol. The van der Waals surface area contributed by atoms with Crippen molar-refractivity contribution in [3.63, 3.8) is 0 Å². The van der Waals surface area contributed by atoms with Crippen LogP contribution in [0.15, 0.2) is 0 Å². The Hall–Kier alpha value is -0.0900. The number of rotatable bonds is 8. The average Bonchev–Trinajstić information content (AvgIpc) is 2.56. The van der Waals surface area contributed by atoms with Gasteiger partial charge in [0.25, 0.3) is 0 Å². The van der Waals surface area contributed by atoms with Gasteiger partial charge in [0.15, 0.2) is 0 Å². The van der Waals surface area contributed by atoms with Crippen LogP contribution < -0.4 is 5.32 Å². The van der Waals surface area contributed by atoms with Crippen LogP contribution in [-0.4, -0.2) is 28.5 Å². The second kappa shape index (κ2) is 9.41. The summed E-state index contributed by atoms with van der Waals surface area (Å²) < 4.78 is 0. The SMILES string of the molecule is CCCCCCNC1CCC(C(=O)O)(C2CCC(Br)CC2)CC1. The van der Waals surface area contributed by atoms with Gasteiger partial charge in [0, 0.05) is 10.9 Å². The highest BCUT2D eigenvalue weighted by molar-refractivity contribution is 9.09. The van der Waals surface area contributed by atoms with Gasteiger partial charge in [-0.1, -0.05) is 42.1 Å². The van der Waals surface area contributed by atoms with Gasteiger partial charge in [-0.3, -0.25) is 4.79 Å². The molecular formula is C19H34BrNO2. The molecule has 0 atom stereocenters. The molecule has 0 aromatic rings. The first-order valence-corrected chi connectivity index (χ1v) is 10.6. The molecule has 0 aliphatic heterocycles. The molecule has 23 heavy (non-hydrogen) atoms. The highest BCUT2D eigenvalue weighted by Gasteiger charge is 2.48. The van der Waals surface area contributed by atoms with E-state index in [0.717, 1.165) is 57.9 Å². The number of carboxylic acid groups (broad SMARTS) is 1. The van der Waals surface area contributed by atoms with Gasteiger partial charge in [-0.2, -0.15) is 0 Å². The first kappa shape index (κ1) is 19.2. The number of carbonyl (C=O) groups is 1. The van der Waals surface area contributed by atoms with Crippen molar-refractivity contribution in [2.24, 2.45) is 11.3 Å². The predicted octanol–water partition coefficient (Wildman–Crippen LogP) is 5.12. The highest BCUT2D eigenvalue weighted by Crippen LogP contribution is 2.49. The highest BCUT2D eigenvalue weighted by atomic mass is 79.9. The first-order chi connectivity index (χ1) is 11.1. The van der Waals surface area contributed by atoms with E-state index in [-0.39, 0.29) is 0 Å². The number of unbranched alkanes of at least 4 members (excludes halogenated alkanes) is 3. The summed E-state index contributed by atoms with van der Waals surface area (Å²) >= 11 is 3.69. The minimum absolute atomic E-state index is 0.388. The Morgan fingerprint density at radius 2 is 1.74 bits per heavy atom. The molecule has 0 aromatic carbocycles. The van der Waals surface area contributed by atoms with Crippen LogP contribution in [0.1, 0.15) is 84.0 Å². The van der Waals surface area contributed by atoms with E-state index in [4.69, 9.17) is 0 Å². The van der Waals surface area contributed by atoms with E-state index in [1.807, 2.05) is 0 Å². The lowest BCUT2D eigenvalue weighted by atomic mass is 9.61. The second-order valence-electron chi connectivity index (χ2n) is 7.70. The number of aliphatic carboxylic acids is 1. The van der Waals surface area contributed by atoms with E-state index in [0.29, 0.717) is 16.8 Å². The van der Waals surface area contributed by atoms with E-state index in [1.165, 1.54) is 25.7 Å². The zero-order chi connectivity index (χ0) is 16.7. The standard InChI is InChI=1S/C19H34BrNO2/c1-2-3-4-5-14-21-17-10-12-19(13-11-17,18(22)23)15-6-8-16(20)9-7-15/h15-17,21H,2-14H2,1H3,(H,22,23). The zero-order valence-electron chi connectivity index (χ0n) is 14.7. The van der Waals surface area contributed by atoms with Crippen LogP contribution in [0, 0.1) is 11.3 Å². The van der Waals surface area contributed by atoms with Gasteiger partial charge in [0.05, 0.1) is 5.41 Å². The number of nitrogens with one attached hydrogen (secondary N) is 1. The lowest BCUT2D eigenvalue weighted by molar-refractivity contribution is -0.157. The molecule has 2 saturated carbocycles. The maximum Gasteiger partial charge on any atom is 0.309 e. The van der Waals surface area contributed by atoms with Crippen molar-refractivity contribution in [1.29, 1.82) is 0 Å². The summed E-state index contributed by atoms with van der Waals surface area (Å²) in [6, 6.07) is 0.539. The normalized spacial score (nSPS) is 35.1. The van der Waals surface area contributed by atoms with Gasteiger partial charge in [0.2, 0.25) is 0 Å². The summed E-state index contributed by atoms with van der Waals surface area (Å²) in [7, 11) is 0. The molecule has 4 heteroatoms. The van der Waals surface area contributed by atoms with Crippen molar-refractivity contribution in [2.75, 3.05) is 6.54 Å². The fraction of sp³-hybridized carbons (Fsp3) is 0.947. The predicted molar refractivity (Wildman–Crippen MR) is 99.1 cm³/mol. The quantitative estimate of drug-likeness (QED) is 0.448. The Kier molecular flexibility index (Phi) is 7.87. The van der Waals surface area contributed by atoms with Crippen LogP contribution in [0.2, 0.25) is 0 Å². The molecule has 134 valence electrons. The molecule has 0 spiro atoms. The maximum atomic E-state index is 12.1. The van der Waals surface area contributed by atoms with Gasteiger partial charge in [-0.25, -0.2) is 0 Å². The van der Waals surface area contributed by atoms with Gasteiger partial charge >= 0.3 is 5.97 Å². The van der Waals surface area contributed by atoms with Crippen molar-refractivity contribution in [2.45, 2.75) is 94.8 Å². The first-order valence-electron chi connectivity index (χ1n) is 9.69. The molecule has 0 aromatic heterocycles. The van der Waals surface area contributed by atoms with Crippen LogP contribution in [0.25, 0.3) is 0 Å². The van der Waals surface area contributed by atoms with E-state index < -0.39 is 11.4 Å². The summed E-state index contributed by atoms with van der Waals surface area (Å²) in [4.78, 5) is 12.7. The number of hydrogen-bond acceptors (Lipinski definition) is 2. The van der Waals surface area contributed by atoms with Gasteiger partial charge in [0.1, 0.15) is 0 Å². The monoisotopic (exact) mass is 387 g/mol. The van der Waals surface area contributed by atoms with Crippen molar-refractivity contribution in [3.05, 3.63) is 0 Å². The Morgan fingerprint density at radius 1 is 1.09 bits per heavy atom. The molecule has 3 nitrogen and oxygen atoms in total. The molecule has 0 saturated heterocycles. The number of hydrogen-bond donors (Lipinski definition) is 2. The lowest BCUT2D eigenvalue weighted by Gasteiger charge is -2.44. The van der Waals surface area contributed by atoms with Crippen molar-refractivity contribution in [1.82, 2.24) is 5.32 Å². The van der Waals surface area contributed by atoms with E-state index in [1.54, 1.807) is 0 Å². The molecule has 2 aliphatic carbocycles. The summed E-state index contributed by atoms with van der Waals surface area (Å²) in [5.74, 6) is -0.142. The van der Waals surface area contributed by atoms with Gasteiger partial charge in [-0.15, -0.1) is 0 Å². The fourth-order valence-corrected chi connectivity index (χ4v) is 5.13. The van der Waals surface area contributed by atoms with Crippen LogP contribution in [-0.2, 0) is 4.79 Å². The Morgan fingerprint density at radius 3 is 2.30 bits per heavy atom. The van der Waals surface area contributed by atoms with E-state index >= 15 is 0 Å². The summed E-state index contributed by atoms with van der Waals surface area (Å²) in [6.45, 7) is 3.34. The van der Waals surface area contributed by atoms with Crippen molar-refractivity contribution in [3.8, 4) is 0 Å². The molecule has 2 rings (SSSR count). The zero-order valence-corrected chi connectivity index (χ0v) is 16.2. The molecule has 0 unspecified atom stereocenters. The van der Waals surface area contributed by atoms with E-state index in [9.17, 15) is 9.90 Å². The van der Waals surface area contributed by atoms with Crippen molar-refractivity contribution >= 4 is 21.9 Å². The molecule has 2 aliphatic rings. The third-order valence-corrected chi connectivity index (χ3v) is 7.12. The molecule has 2 fully saturated rings. The smallest absolute Gasteiger partial charge is 0.309 e. The third-order valence-electron chi connectivity index (χ3n) is 6.21. The second-order valence-corrected chi connectivity index (χ2v) is 8.99. The Balaban J connectivity index is 1.80. The van der Waals surface area contributed by atoms with Gasteiger partial charge in [-0.05, 0) is 70.3 Å². The fourth-order valence-electron chi connectivity index (χ4n) is 4.60. The molecule has 0 radical (unpaired) electrons. The van der Waals surface area contributed by atoms with Crippen LogP contribution in [0.5, 0.6) is 0 Å². The summed E-state index contributed by atoms with van der Waals surface area (Å²) in [5.41, 5.74) is -0.437. The van der Waals surface area contributed by atoms with E-state index in [2.05, 4.69) is 28.2 Å². The molecule has 2 N–H and O–H groups in total. The number of halogens is 1. The summed E-state index contributed by atoms with van der Waals surface area (Å²) in [6.07, 6.45) is 13.4. The topological polar surface area (TPSA) is 49.3 Å². The van der Waals surface area contributed by atoms with Crippen molar-refractivity contribution < 1.29 is 9.90 Å². The van der Waals surface area contributed by atoms with Crippen LogP contribution >= 0.6 is 15.9 Å².